The largest absolute Gasteiger partial charge is 0.530 e. The molecule has 1 aliphatic rings. The molecule has 0 spiro atoms. The quantitative estimate of drug-likeness (QED) is 0.243. The fourth-order valence-corrected chi connectivity index (χ4v) is 5.39. The number of piperidine rings is 1. The summed E-state index contributed by atoms with van der Waals surface area (Å²) in [5.74, 6) is 8.78. The molecule has 1 fully saturated rings. The summed E-state index contributed by atoms with van der Waals surface area (Å²) in [6, 6.07) is 27.1. The van der Waals surface area contributed by atoms with Crippen molar-refractivity contribution in [2.24, 2.45) is 0 Å². The van der Waals surface area contributed by atoms with Crippen molar-refractivity contribution in [3.05, 3.63) is 96.1 Å². The minimum Gasteiger partial charge on any atom is -0.530 e. The number of likely N-dealkylation sites (tertiary alicyclic amines) is 1. The van der Waals surface area contributed by atoms with Gasteiger partial charge in [0.05, 0.1) is 26.9 Å². The van der Waals surface area contributed by atoms with Crippen LogP contribution in [0.2, 0.25) is 0 Å². The van der Waals surface area contributed by atoms with Gasteiger partial charge in [0.2, 0.25) is 0 Å². The van der Waals surface area contributed by atoms with E-state index in [4.69, 9.17) is 23.7 Å². The standard InChI is InChI=1S/C35H35NO7/c1-39-32-22-26(34(40-2)31-13-7-6-12-30(31)32)24-43-33-23-36(35(37)38)19-18-29(33)25-14-16-28(17-15-25)42-21-9-8-20-41-27-10-4-3-5-11-27/h3-7,10-17,22,29,33H,18-21,23-24H2,1-2H3,(H,37,38)/p-1. The smallest absolute Gasteiger partial charge is 0.149 e. The molecule has 1 heterocycles. The van der Waals surface area contributed by atoms with E-state index in [1.807, 2.05) is 84.9 Å². The number of carbonyl (C=O) groups excluding carboxylic acids is 1. The van der Waals surface area contributed by atoms with Crippen LogP contribution in [0.3, 0.4) is 0 Å². The highest BCUT2D eigenvalue weighted by Crippen LogP contribution is 2.38. The van der Waals surface area contributed by atoms with Gasteiger partial charge in [0, 0.05) is 35.3 Å². The second-order valence-corrected chi connectivity index (χ2v) is 10.1. The Kier molecular flexibility index (Phi) is 9.88. The van der Waals surface area contributed by atoms with E-state index in [0.29, 0.717) is 24.5 Å². The van der Waals surface area contributed by atoms with E-state index in [1.54, 1.807) is 14.2 Å². The van der Waals surface area contributed by atoms with E-state index >= 15 is 0 Å². The Hall–Kier alpha value is -4.87. The summed E-state index contributed by atoms with van der Waals surface area (Å²) in [6.45, 7) is 1.33. The lowest BCUT2D eigenvalue weighted by atomic mass is 9.87. The molecule has 0 N–H and O–H groups in total. The Balaban J connectivity index is 1.25. The van der Waals surface area contributed by atoms with Crippen molar-refractivity contribution in [3.8, 4) is 34.8 Å². The van der Waals surface area contributed by atoms with E-state index in [1.165, 1.54) is 4.90 Å². The van der Waals surface area contributed by atoms with E-state index < -0.39 is 12.2 Å². The van der Waals surface area contributed by atoms with Gasteiger partial charge < -0.3 is 38.5 Å². The van der Waals surface area contributed by atoms with Crippen LogP contribution in [0.25, 0.3) is 10.8 Å². The minimum absolute atomic E-state index is 0.0204. The number of hydrogen-bond acceptors (Lipinski definition) is 7. The first kappa shape index (κ1) is 29.6. The van der Waals surface area contributed by atoms with Crippen molar-refractivity contribution in [3.63, 3.8) is 0 Å². The average molecular weight is 581 g/mol. The first-order valence-corrected chi connectivity index (χ1v) is 14.1. The zero-order valence-corrected chi connectivity index (χ0v) is 24.3. The molecule has 1 saturated heterocycles. The van der Waals surface area contributed by atoms with Crippen LogP contribution < -0.4 is 24.1 Å². The molecule has 0 aliphatic carbocycles. The summed E-state index contributed by atoms with van der Waals surface area (Å²) in [5.41, 5.74) is 1.86. The number of amides is 1. The highest BCUT2D eigenvalue weighted by molar-refractivity contribution is 5.94. The SMILES string of the molecule is COc1cc(COC2CN(C(=O)[O-])CCC2c2ccc(OCC#CCOc3ccccc3)cc2)c(OC)c2ccccc12. The second kappa shape index (κ2) is 14.3. The van der Waals surface area contributed by atoms with Crippen LogP contribution in [0.4, 0.5) is 4.79 Å². The molecule has 43 heavy (non-hydrogen) atoms. The Morgan fingerprint density at radius 2 is 1.51 bits per heavy atom. The number of ether oxygens (including phenoxy) is 5. The van der Waals surface area contributed by atoms with Gasteiger partial charge in [0.1, 0.15) is 42.3 Å². The van der Waals surface area contributed by atoms with Crippen LogP contribution in [0.1, 0.15) is 23.5 Å². The van der Waals surface area contributed by atoms with Crippen molar-refractivity contribution in [2.75, 3.05) is 40.5 Å². The Morgan fingerprint density at radius 1 is 0.860 bits per heavy atom. The number of rotatable bonds is 10. The van der Waals surface area contributed by atoms with Gasteiger partial charge in [0.15, 0.2) is 0 Å². The third-order valence-electron chi connectivity index (χ3n) is 7.53. The molecule has 8 nitrogen and oxygen atoms in total. The van der Waals surface area contributed by atoms with E-state index in [0.717, 1.165) is 33.4 Å². The summed E-state index contributed by atoms with van der Waals surface area (Å²) in [4.78, 5) is 13.0. The molecule has 1 amide bonds. The number of carbonyl (C=O) groups is 1. The van der Waals surface area contributed by atoms with Crippen molar-refractivity contribution < 1.29 is 33.6 Å². The third kappa shape index (κ3) is 7.32. The number of methoxy groups -OCH3 is 2. The molecule has 4 aromatic rings. The monoisotopic (exact) mass is 580 g/mol. The number of hydrogen-bond donors (Lipinski definition) is 0. The first-order valence-electron chi connectivity index (χ1n) is 14.1. The molecule has 5 rings (SSSR count). The molecule has 2 atom stereocenters. The minimum atomic E-state index is -1.20. The maximum atomic E-state index is 11.7. The number of nitrogens with zero attached hydrogens (tertiary/aromatic N) is 1. The predicted molar refractivity (Wildman–Crippen MR) is 162 cm³/mol. The fourth-order valence-electron chi connectivity index (χ4n) is 5.39. The summed E-state index contributed by atoms with van der Waals surface area (Å²) >= 11 is 0. The van der Waals surface area contributed by atoms with Gasteiger partial charge in [-0.15, -0.1) is 0 Å². The zero-order chi connectivity index (χ0) is 30.0. The number of fused-ring (bicyclic) bond motifs is 1. The highest BCUT2D eigenvalue weighted by atomic mass is 16.5. The number of benzene rings is 4. The van der Waals surface area contributed by atoms with Crippen LogP contribution in [0, 0.1) is 11.8 Å². The van der Waals surface area contributed by atoms with Crippen LogP contribution in [-0.4, -0.2) is 57.6 Å². The summed E-state index contributed by atoms with van der Waals surface area (Å²) in [5, 5.41) is 13.6. The van der Waals surface area contributed by atoms with Gasteiger partial charge in [-0.3, -0.25) is 0 Å². The van der Waals surface area contributed by atoms with Crippen LogP contribution in [0.15, 0.2) is 84.9 Å². The van der Waals surface area contributed by atoms with E-state index in [9.17, 15) is 9.90 Å². The fraction of sp³-hybridized carbons (Fsp3) is 0.286. The van der Waals surface area contributed by atoms with Gasteiger partial charge in [-0.05, 0) is 42.3 Å². The van der Waals surface area contributed by atoms with E-state index in [-0.39, 0.29) is 32.3 Å². The van der Waals surface area contributed by atoms with Gasteiger partial charge >= 0.3 is 0 Å². The van der Waals surface area contributed by atoms with Crippen LogP contribution >= 0.6 is 0 Å². The Morgan fingerprint density at radius 3 is 2.16 bits per heavy atom. The van der Waals surface area contributed by atoms with Crippen molar-refractivity contribution in [1.82, 2.24) is 4.90 Å². The zero-order valence-electron chi connectivity index (χ0n) is 24.3. The molecule has 0 saturated carbocycles. The highest BCUT2D eigenvalue weighted by Gasteiger charge is 2.32. The Bertz CT molecular complexity index is 1580. The summed E-state index contributed by atoms with van der Waals surface area (Å²) in [7, 11) is 3.26. The maximum Gasteiger partial charge on any atom is 0.149 e. The topological polar surface area (TPSA) is 89.5 Å². The van der Waals surface area contributed by atoms with Gasteiger partial charge in [-0.1, -0.05) is 66.4 Å². The molecule has 2 unspecified atom stereocenters. The van der Waals surface area contributed by atoms with Crippen LogP contribution in [-0.2, 0) is 11.3 Å². The molecule has 0 radical (unpaired) electrons. The lowest BCUT2D eigenvalue weighted by Crippen LogP contribution is -2.51. The van der Waals surface area contributed by atoms with Gasteiger partial charge in [0.25, 0.3) is 0 Å². The molecule has 0 aromatic heterocycles. The van der Waals surface area contributed by atoms with Crippen molar-refractivity contribution in [1.29, 1.82) is 0 Å². The molecule has 8 heteroatoms. The molecular formula is C35H34NO7-. The van der Waals surface area contributed by atoms with Crippen LogP contribution in [0.5, 0.6) is 23.0 Å². The van der Waals surface area contributed by atoms with Gasteiger partial charge in [-0.2, -0.15) is 0 Å². The lowest BCUT2D eigenvalue weighted by Gasteiger charge is -2.40. The maximum absolute atomic E-state index is 11.7. The molecule has 1 aliphatic heterocycles. The molecule has 0 bridgehead atoms. The molecular weight excluding hydrogens is 546 g/mol. The molecule has 222 valence electrons. The van der Waals surface area contributed by atoms with Crippen molar-refractivity contribution in [2.45, 2.75) is 25.0 Å². The lowest BCUT2D eigenvalue weighted by molar-refractivity contribution is -0.268. The normalized spacial score (nSPS) is 16.2. The van der Waals surface area contributed by atoms with Gasteiger partial charge in [-0.25, -0.2) is 0 Å². The predicted octanol–water partition coefficient (Wildman–Crippen LogP) is 5.04. The third-order valence-corrected chi connectivity index (χ3v) is 7.53. The number of para-hydroxylation sites is 1. The second-order valence-electron chi connectivity index (χ2n) is 10.1. The average Bonchev–Trinajstić information content (AvgIpc) is 3.05. The summed E-state index contributed by atoms with van der Waals surface area (Å²) in [6.07, 6.45) is -0.990. The van der Waals surface area contributed by atoms with E-state index in [2.05, 4.69) is 11.8 Å². The first-order chi connectivity index (χ1) is 21.1. The Labute approximate surface area is 251 Å². The number of carboxylic acid groups (broad SMARTS) is 1. The molecule has 4 aromatic carbocycles. The van der Waals surface area contributed by atoms with Crippen molar-refractivity contribution >= 4 is 16.9 Å². The summed E-state index contributed by atoms with van der Waals surface area (Å²) < 4.78 is 29.2.